The largest absolute Gasteiger partial charge is 0.497 e. The van der Waals surface area contributed by atoms with Gasteiger partial charge in [0.15, 0.2) is 5.17 Å². The van der Waals surface area contributed by atoms with Gasteiger partial charge in [-0.25, -0.2) is 19.5 Å². The van der Waals surface area contributed by atoms with Crippen molar-refractivity contribution in [1.29, 1.82) is 0 Å². The number of hydrogen-bond donors (Lipinski definition) is 0. The van der Waals surface area contributed by atoms with Crippen molar-refractivity contribution >= 4 is 34.7 Å². The van der Waals surface area contributed by atoms with Crippen molar-refractivity contribution in [2.24, 2.45) is 4.99 Å². The van der Waals surface area contributed by atoms with Gasteiger partial charge in [-0.3, -0.25) is 19.9 Å². The molecule has 0 bridgehead atoms. The number of thioether (sulfide) groups is 1. The molecule has 292 valence electrons. The van der Waals surface area contributed by atoms with Gasteiger partial charge in [0.25, 0.3) is 5.69 Å². The van der Waals surface area contributed by atoms with Gasteiger partial charge in [-0.15, -0.1) is 0 Å². The number of amidine groups is 1. The highest BCUT2D eigenvalue weighted by Gasteiger charge is 2.42. The number of nitro groups is 1. The second-order valence-corrected chi connectivity index (χ2v) is 14.8. The van der Waals surface area contributed by atoms with Crippen LogP contribution in [0.15, 0.2) is 125 Å². The first-order valence-corrected chi connectivity index (χ1v) is 19.6. The Labute approximate surface area is 331 Å². The highest BCUT2D eigenvalue weighted by molar-refractivity contribution is 8.13. The first kappa shape index (κ1) is 40.2. The van der Waals surface area contributed by atoms with Crippen LogP contribution in [0, 0.1) is 10.1 Å². The zero-order valence-corrected chi connectivity index (χ0v) is 32.9. The molecule has 6 rings (SSSR count). The number of nitrogens with zero attached hydrogens (tertiary/aromatic N) is 5. The fourth-order valence-electron chi connectivity index (χ4n) is 6.97. The minimum absolute atomic E-state index is 0.108. The lowest BCUT2D eigenvalue weighted by molar-refractivity contribution is -0.384. The molecule has 0 saturated carbocycles. The third kappa shape index (κ3) is 9.83. The molecular formula is C43H47N5O7S. The highest BCUT2D eigenvalue weighted by Crippen LogP contribution is 2.40. The summed E-state index contributed by atoms with van der Waals surface area (Å²) in [6.45, 7) is 9.02. The maximum absolute atomic E-state index is 14.1. The summed E-state index contributed by atoms with van der Waals surface area (Å²) in [5.41, 5.74) is 4.06. The van der Waals surface area contributed by atoms with Crippen molar-refractivity contribution in [2.75, 3.05) is 46.4 Å². The number of piperazine rings is 1. The lowest BCUT2D eigenvalue weighted by Crippen LogP contribution is -2.48. The molecular weight excluding hydrogens is 731 g/mol. The molecule has 12 nitrogen and oxygen atoms in total. The van der Waals surface area contributed by atoms with Crippen LogP contribution in [0.2, 0.25) is 0 Å². The Morgan fingerprint density at radius 3 is 2.12 bits per heavy atom. The minimum atomic E-state index is -1.10. The van der Waals surface area contributed by atoms with E-state index in [2.05, 4.69) is 58.3 Å². The number of nitro benzene ring substituents is 1. The van der Waals surface area contributed by atoms with Crippen LogP contribution in [0.4, 0.5) is 10.5 Å². The fraction of sp³-hybridized carbons (Fsp3) is 0.326. The molecule has 4 aromatic rings. The number of carbonyl (C=O) groups is 2. The molecule has 2 aliphatic heterocycles. The topological polar surface area (TPSA) is 127 Å². The Kier molecular flexibility index (Phi) is 13.6. The minimum Gasteiger partial charge on any atom is -0.497 e. The van der Waals surface area contributed by atoms with Gasteiger partial charge in [-0.05, 0) is 55.2 Å². The Morgan fingerprint density at radius 1 is 0.893 bits per heavy atom. The lowest BCUT2D eigenvalue weighted by atomic mass is 9.94. The predicted molar refractivity (Wildman–Crippen MR) is 217 cm³/mol. The van der Waals surface area contributed by atoms with E-state index in [0.29, 0.717) is 34.5 Å². The molecule has 2 aliphatic rings. The zero-order chi connectivity index (χ0) is 39.6. The Hall–Kier alpha value is -5.50. The molecule has 4 aromatic carbocycles. The van der Waals surface area contributed by atoms with Gasteiger partial charge in [-0.2, -0.15) is 0 Å². The summed E-state index contributed by atoms with van der Waals surface area (Å²) in [6, 6.07) is 33.5. The highest BCUT2D eigenvalue weighted by atomic mass is 32.2. The standard InChI is InChI=1S/C43H47N5O7S/c1-30(2)55-43(50)47-40(35-16-11-17-36(28-35)48(51)52)38(31(3)44-42(47)56-29-32-18-20-37(53-4)21-19-32)41(49)54-27-26-45-22-24-46(25-23-45)39(33-12-7-5-8-13-33)34-14-9-6-10-15-34/h5-21,28,30,39-40H,22-27,29H2,1-4H3. The molecule has 0 radical (unpaired) electrons. The van der Waals surface area contributed by atoms with Crippen LogP contribution in [-0.2, 0) is 20.0 Å². The number of hydrogen-bond acceptors (Lipinski definition) is 11. The number of esters is 1. The van der Waals surface area contributed by atoms with E-state index in [0.717, 1.165) is 31.7 Å². The average molecular weight is 778 g/mol. The van der Waals surface area contributed by atoms with Crippen LogP contribution >= 0.6 is 11.8 Å². The Bertz CT molecular complexity index is 2000. The molecule has 56 heavy (non-hydrogen) atoms. The molecule has 1 unspecified atom stereocenters. The molecule has 0 aromatic heterocycles. The van der Waals surface area contributed by atoms with Crippen molar-refractivity contribution in [1.82, 2.24) is 14.7 Å². The number of ether oxygens (including phenoxy) is 3. The number of allylic oxidation sites excluding steroid dienone is 1. The van der Waals surface area contributed by atoms with Gasteiger partial charge in [-0.1, -0.05) is 96.7 Å². The number of non-ortho nitro benzene ring substituents is 1. The molecule has 1 fully saturated rings. The van der Waals surface area contributed by atoms with E-state index in [-0.39, 0.29) is 23.9 Å². The molecule has 1 saturated heterocycles. The fourth-order valence-corrected chi connectivity index (χ4v) is 7.98. The third-order valence-electron chi connectivity index (χ3n) is 9.71. The van der Waals surface area contributed by atoms with Crippen LogP contribution in [0.5, 0.6) is 5.75 Å². The van der Waals surface area contributed by atoms with Gasteiger partial charge in [0.2, 0.25) is 0 Å². The van der Waals surface area contributed by atoms with Crippen LogP contribution < -0.4 is 4.74 Å². The summed E-state index contributed by atoms with van der Waals surface area (Å²) in [5, 5.41) is 12.2. The van der Waals surface area contributed by atoms with Gasteiger partial charge in [0.05, 0.1) is 35.4 Å². The first-order chi connectivity index (χ1) is 27.1. The molecule has 0 spiro atoms. The summed E-state index contributed by atoms with van der Waals surface area (Å²) in [7, 11) is 1.60. The maximum Gasteiger partial charge on any atom is 0.417 e. The van der Waals surface area contributed by atoms with E-state index in [4.69, 9.17) is 19.2 Å². The Morgan fingerprint density at radius 2 is 1.54 bits per heavy atom. The van der Waals surface area contributed by atoms with Crippen LogP contribution in [-0.4, -0.2) is 89.4 Å². The first-order valence-electron chi connectivity index (χ1n) is 18.7. The molecule has 1 amide bonds. The summed E-state index contributed by atoms with van der Waals surface area (Å²) >= 11 is 1.29. The summed E-state index contributed by atoms with van der Waals surface area (Å²) in [5.74, 6) is 0.495. The number of carbonyl (C=O) groups excluding carboxylic acids is 2. The average Bonchev–Trinajstić information content (AvgIpc) is 3.21. The van der Waals surface area contributed by atoms with Crippen molar-refractivity contribution in [3.05, 3.63) is 153 Å². The van der Waals surface area contributed by atoms with Crippen LogP contribution in [0.1, 0.15) is 55.1 Å². The number of amides is 1. The van der Waals surface area contributed by atoms with Gasteiger partial charge in [0, 0.05) is 50.6 Å². The number of rotatable bonds is 13. The van der Waals surface area contributed by atoms with E-state index in [1.807, 2.05) is 36.4 Å². The second-order valence-electron chi connectivity index (χ2n) is 13.8. The van der Waals surface area contributed by atoms with E-state index < -0.39 is 29.1 Å². The second kappa shape index (κ2) is 18.9. The number of benzene rings is 4. The third-order valence-corrected chi connectivity index (χ3v) is 10.7. The van der Waals surface area contributed by atoms with Gasteiger partial charge >= 0.3 is 12.1 Å². The van der Waals surface area contributed by atoms with Crippen molar-refractivity contribution in [3.8, 4) is 5.75 Å². The van der Waals surface area contributed by atoms with Crippen LogP contribution in [0.25, 0.3) is 0 Å². The molecule has 13 heteroatoms. The molecule has 1 atom stereocenters. The monoisotopic (exact) mass is 777 g/mol. The van der Waals surface area contributed by atoms with E-state index in [1.165, 1.54) is 46.0 Å². The van der Waals surface area contributed by atoms with Crippen molar-refractivity contribution in [2.45, 2.75) is 44.7 Å². The van der Waals surface area contributed by atoms with E-state index in [9.17, 15) is 19.7 Å². The number of aliphatic imine (C=N–C) groups is 1. The van der Waals surface area contributed by atoms with Crippen LogP contribution in [0.3, 0.4) is 0 Å². The normalized spacial score (nSPS) is 16.5. The molecule has 2 heterocycles. The quantitative estimate of drug-likeness (QED) is 0.0749. The van der Waals surface area contributed by atoms with Gasteiger partial charge in [0.1, 0.15) is 18.4 Å². The van der Waals surface area contributed by atoms with Crippen molar-refractivity contribution in [3.63, 3.8) is 0 Å². The summed E-state index contributed by atoms with van der Waals surface area (Å²) in [6.07, 6.45) is -1.22. The summed E-state index contributed by atoms with van der Waals surface area (Å²) < 4.78 is 16.9. The van der Waals surface area contributed by atoms with Crippen molar-refractivity contribution < 1.29 is 28.7 Å². The maximum atomic E-state index is 14.1. The SMILES string of the molecule is COc1ccc(CSC2=NC(C)=C(C(=O)OCCN3CCN(C(c4ccccc4)c4ccccc4)CC3)C(c3cccc([N+](=O)[O-])c3)N2C(=O)OC(C)C)cc1. The zero-order valence-electron chi connectivity index (χ0n) is 32.1. The predicted octanol–water partition coefficient (Wildman–Crippen LogP) is 8.02. The van der Waals surface area contributed by atoms with Gasteiger partial charge < -0.3 is 14.2 Å². The molecule has 0 aliphatic carbocycles. The van der Waals surface area contributed by atoms with E-state index in [1.54, 1.807) is 33.9 Å². The Balaban J connectivity index is 1.20. The van der Waals surface area contributed by atoms with E-state index >= 15 is 0 Å². The number of methoxy groups -OCH3 is 1. The lowest BCUT2D eigenvalue weighted by Gasteiger charge is -2.39. The summed E-state index contributed by atoms with van der Waals surface area (Å²) in [4.78, 5) is 50.3. The molecule has 0 N–H and O–H groups in total. The smallest absolute Gasteiger partial charge is 0.417 e.